The third kappa shape index (κ3) is 4.93. The van der Waals surface area contributed by atoms with Crippen LogP contribution >= 0.6 is 0 Å². The molecule has 2 aromatic heterocycles. The molecule has 1 saturated heterocycles. The van der Waals surface area contributed by atoms with Crippen LogP contribution in [0.25, 0.3) is 11.0 Å². The van der Waals surface area contributed by atoms with Gasteiger partial charge in [-0.3, -0.25) is 24.3 Å². The number of likely N-dealkylation sites (tertiary alicyclic amines) is 1. The van der Waals surface area contributed by atoms with E-state index in [2.05, 4.69) is 44.6 Å². The molecule has 7 heteroatoms. The zero-order valence-corrected chi connectivity index (χ0v) is 19.3. The van der Waals surface area contributed by atoms with E-state index >= 15 is 0 Å². The van der Waals surface area contributed by atoms with Crippen LogP contribution in [0.1, 0.15) is 53.6 Å². The number of nitrogens with zero attached hydrogens (tertiary/aromatic N) is 3. The van der Waals surface area contributed by atoms with Gasteiger partial charge in [-0.1, -0.05) is 37.1 Å². The van der Waals surface area contributed by atoms with Crippen molar-refractivity contribution >= 4 is 16.9 Å². The maximum absolute atomic E-state index is 12.6. The van der Waals surface area contributed by atoms with Gasteiger partial charge in [0.2, 0.25) is 5.91 Å². The molecule has 3 heterocycles. The molecule has 1 fully saturated rings. The maximum atomic E-state index is 12.6. The summed E-state index contributed by atoms with van der Waals surface area (Å²) in [6.45, 7) is 7.63. The molecule has 1 amide bonds. The fourth-order valence-electron chi connectivity index (χ4n) is 4.65. The summed E-state index contributed by atoms with van der Waals surface area (Å²) >= 11 is 0. The SMILES string of the molecule is Cc1nc2c(c(C)c1CC(=O)NCc1ccc(CN3CCCCCC3)cc1)c(=O)[nH]n2C. The lowest BCUT2D eigenvalue weighted by Crippen LogP contribution is -2.26. The van der Waals surface area contributed by atoms with Crippen LogP contribution in [0.5, 0.6) is 0 Å². The molecule has 4 rings (SSSR count). The lowest BCUT2D eigenvalue weighted by Gasteiger charge is -2.19. The Bertz CT molecular complexity index is 1150. The van der Waals surface area contributed by atoms with Crippen molar-refractivity contribution in [1.29, 1.82) is 0 Å². The molecule has 1 aliphatic rings. The number of aromatic nitrogens is 3. The van der Waals surface area contributed by atoms with Crippen LogP contribution in [0.4, 0.5) is 0 Å². The molecule has 0 spiro atoms. The van der Waals surface area contributed by atoms with E-state index in [1.807, 2.05) is 13.8 Å². The summed E-state index contributed by atoms with van der Waals surface area (Å²) in [5.74, 6) is -0.0710. The van der Waals surface area contributed by atoms with Crippen molar-refractivity contribution in [1.82, 2.24) is 25.0 Å². The molecule has 0 bridgehead atoms. The van der Waals surface area contributed by atoms with Crippen molar-refractivity contribution < 1.29 is 4.79 Å². The third-order valence-corrected chi connectivity index (χ3v) is 6.53. The molecule has 0 aliphatic carbocycles. The largest absolute Gasteiger partial charge is 0.352 e. The Morgan fingerprint density at radius 1 is 1.06 bits per heavy atom. The monoisotopic (exact) mass is 435 g/mol. The first-order chi connectivity index (χ1) is 15.4. The van der Waals surface area contributed by atoms with E-state index in [0.29, 0.717) is 17.6 Å². The molecule has 0 radical (unpaired) electrons. The second-order valence-electron chi connectivity index (χ2n) is 8.96. The van der Waals surface area contributed by atoms with Crippen molar-refractivity contribution in [3.63, 3.8) is 0 Å². The predicted molar refractivity (Wildman–Crippen MR) is 127 cm³/mol. The average Bonchev–Trinajstić information content (AvgIpc) is 2.93. The molecule has 3 aromatic rings. The van der Waals surface area contributed by atoms with Gasteiger partial charge < -0.3 is 5.32 Å². The van der Waals surface area contributed by atoms with Gasteiger partial charge in [0.05, 0.1) is 11.8 Å². The summed E-state index contributed by atoms with van der Waals surface area (Å²) < 4.78 is 1.62. The van der Waals surface area contributed by atoms with Crippen LogP contribution in [0, 0.1) is 13.8 Å². The number of rotatable bonds is 6. The number of nitrogens with one attached hydrogen (secondary N) is 2. The molecule has 1 aromatic carbocycles. The number of hydrogen-bond acceptors (Lipinski definition) is 4. The molecular weight excluding hydrogens is 402 g/mol. The number of pyridine rings is 1. The second-order valence-corrected chi connectivity index (χ2v) is 8.96. The lowest BCUT2D eigenvalue weighted by molar-refractivity contribution is -0.120. The average molecular weight is 436 g/mol. The van der Waals surface area contributed by atoms with Crippen LogP contribution < -0.4 is 10.9 Å². The fraction of sp³-hybridized carbons (Fsp3) is 0.480. The zero-order valence-electron chi connectivity index (χ0n) is 19.3. The molecule has 32 heavy (non-hydrogen) atoms. The number of amides is 1. The van der Waals surface area contributed by atoms with Crippen LogP contribution in [-0.2, 0) is 31.4 Å². The Balaban J connectivity index is 1.36. The summed E-state index contributed by atoms with van der Waals surface area (Å²) in [6, 6.07) is 8.53. The molecule has 2 N–H and O–H groups in total. The highest BCUT2D eigenvalue weighted by atomic mass is 16.1. The number of benzene rings is 1. The van der Waals surface area contributed by atoms with E-state index in [0.717, 1.165) is 28.9 Å². The van der Waals surface area contributed by atoms with Gasteiger partial charge in [0.15, 0.2) is 5.65 Å². The van der Waals surface area contributed by atoms with E-state index in [9.17, 15) is 9.59 Å². The van der Waals surface area contributed by atoms with Crippen molar-refractivity contribution in [2.75, 3.05) is 13.1 Å². The Morgan fingerprint density at radius 3 is 2.41 bits per heavy atom. The molecule has 1 aliphatic heterocycles. The molecule has 170 valence electrons. The Hall–Kier alpha value is -2.93. The standard InChI is InChI=1S/C25H33N5O2/c1-17-21(18(2)27-24-23(17)25(32)28-29(24)3)14-22(31)26-15-19-8-10-20(11-9-19)16-30-12-6-4-5-7-13-30/h8-11H,4-7,12-16H2,1-3H3,(H,26,31)(H,28,32). The molecule has 0 saturated carbocycles. The van der Waals surface area contributed by atoms with Gasteiger partial charge in [-0.15, -0.1) is 0 Å². The number of carbonyl (C=O) groups is 1. The van der Waals surface area contributed by atoms with E-state index in [-0.39, 0.29) is 17.9 Å². The summed E-state index contributed by atoms with van der Waals surface area (Å²) in [4.78, 5) is 32.0. The Morgan fingerprint density at radius 2 is 1.72 bits per heavy atom. The number of carbonyl (C=O) groups excluding carboxylic acids is 1. The second kappa shape index (κ2) is 9.69. The van der Waals surface area contributed by atoms with Crippen LogP contribution in [0.15, 0.2) is 29.1 Å². The van der Waals surface area contributed by atoms with E-state index in [4.69, 9.17) is 0 Å². The van der Waals surface area contributed by atoms with Gasteiger partial charge in [0, 0.05) is 25.8 Å². The smallest absolute Gasteiger partial charge is 0.273 e. The summed E-state index contributed by atoms with van der Waals surface area (Å²) in [7, 11) is 1.77. The van der Waals surface area contributed by atoms with E-state index < -0.39 is 0 Å². The van der Waals surface area contributed by atoms with Crippen molar-refractivity contribution in [2.45, 2.75) is 59.0 Å². The van der Waals surface area contributed by atoms with Gasteiger partial charge in [-0.2, -0.15) is 0 Å². The first-order valence-electron chi connectivity index (χ1n) is 11.5. The topological polar surface area (TPSA) is 83.0 Å². The Kier molecular flexibility index (Phi) is 6.74. The van der Waals surface area contributed by atoms with Gasteiger partial charge in [0.1, 0.15) is 0 Å². The van der Waals surface area contributed by atoms with Gasteiger partial charge in [-0.05, 0) is 62.0 Å². The lowest BCUT2D eigenvalue weighted by atomic mass is 10.0. The summed E-state index contributed by atoms with van der Waals surface area (Å²) in [5.41, 5.74) is 5.27. The van der Waals surface area contributed by atoms with Crippen LogP contribution in [-0.4, -0.2) is 38.7 Å². The van der Waals surface area contributed by atoms with Crippen LogP contribution in [0.2, 0.25) is 0 Å². The van der Waals surface area contributed by atoms with Gasteiger partial charge in [0.25, 0.3) is 5.56 Å². The minimum Gasteiger partial charge on any atom is -0.352 e. The van der Waals surface area contributed by atoms with E-state index in [1.54, 1.807) is 11.7 Å². The molecule has 0 atom stereocenters. The molecule has 7 nitrogen and oxygen atoms in total. The third-order valence-electron chi connectivity index (χ3n) is 6.53. The minimum absolute atomic E-state index is 0.0710. The highest BCUT2D eigenvalue weighted by Gasteiger charge is 2.17. The number of aryl methyl sites for hydroxylation is 3. The number of hydrogen-bond donors (Lipinski definition) is 2. The summed E-state index contributed by atoms with van der Waals surface area (Å²) in [5, 5.41) is 6.31. The minimum atomic E-state index is -0.172. The highest BCUT2D eigenvalue weighted by molar-refractivity contribution is 5.84. The number of aromatic amines is 1. The highest BCUT2D eigenvalue weighted by Crippen LogP contribution is 2.20. The van der Waals surface area contributed by atoms with Crippen molar-refractivity contribution in [2.24, 2.45) is 7.05 Å². The predicted octanol–water partition coefficient (Wildman–Crippen LogP) is 3.11. The first kappa shape index (κ1) is 22.3. The number of H-pyrrole nitrogens is 1. The van der Waals surface area contributed by atoms with Crippen LogP contribution in [0.3, 0.4) is 0 Å². The van der Waals surface area contributed by atoms with Gasteiger partial charge in [-0.25, -0.2) is 4.98 Å². The number of fused-ring (bicyclic) bond motifs is 1. The zero-order chi connectivity index (χ0) is 22.7. The van der Waals surface area contributed by atoms with Gasteiger partial charge >= 0.3 is 0 Å². The van der Waals surface area contributed by atoms with Crippen molar-refractivity contribution in [3.8, 4) is 0 Å². The van der Waals surface area contributed by atoms with Crippen molar-refractivity contribution in [3.05, 3.63) is 62.6 Å². The fourth-order valence-corrected chi connectivity index (χ4v) is 4.65. The quantitative estimate of drug-likeness (QED) is 0.623. The Labute approximate surface area is 188 Å². The first-order valence-corrected chi connectivity index (χ1v) is 11.5. The molecular formula is C25H33N5O2. The van der Waals surface area contributed by atoms with E-state index in [1.165, 1.54) is 44.3 Å². The maximum Gasteiger partial charge on any atom is 0.273 e. The molecule has 0 unspecified atom stereocenters. The normalized spacial score (nSPS) is 15.1. The summed E-state index contributed by atoms with van der Waals surface area (Å²) in [6.07, 6.45) is 5.50.